The monoisotopic (exact) mass is 507 g/mol. The molecular weight excluding hydrogens is 497 g/mol. The number of hydrogen-bond acceptors (Lipinski definition) is 5. The Kier molecular flexibility index (Phi) is 7.00. The fraction of sp³-hybridized carbons (Fsp3) is 0. The van der Waals surface area contributed by atoms with Gasteiger partial charge in [0.25, 0.3) is 10.1 Å². The molecule has 0 radical (unpaired) electrons. The third-order valence-electron chi connectivity index (χ3n) is 3.48. The number of anilines is 1. The van der Waals surface area contributed by atoms with Crippen molar-refractivity contribution in [3.63, 3.8) is 0 Å². The van der Waals surface area contributed by atoms with Crippen molar-refractivity contribution in [1.29, 1.82) is 0 Å². The van der Waals surface area contributed by atoms with Gasteiger partial charge in [-0.1, -0.05) is 40.2 Å². The van der Waals surface area contributed by atoms with Crippen LogP contribution in [0.5, 0.6) is 0 Å². The summed E-state index contributed by atoms with van der Waals surface area (Å²) in [4.78, 5) is -0.263. The summed E-state index contributed by atoms with van der Waals surface area (Å²) in [5.74, 6) is 0. The van der Waals surface area contributed by atoms with Crippen LogP contribution in [0.3, 0.4) is 0 Å². The van der Waals surface area contributed by atoms with E-state index in [0.29, 0.717) is 20.9 Å². The maximum absolute atomic E-state index is 11.7. The number of halogens is 2. The van der Waals surface area contributed by atoms with Crippen LogP contribution in [-0.2, 0) is 10.1 Å². The van der Waals surface area contributed by atoms with Gasteiger partial charge in [0.15, 0.2) is 0 Å². The second kappa shape index (κ2) is 8.47. The fourth-order valence-corrected chi connectivity index (χ4v) is 4.16. The molecule has 0 unspecified atom stereocenters. The van der Waals surface area contributed by atoms with E-state index in [1.807, 2.05) is 6.07 Å². The first-order chi connectivity index (χ1) is 11.8. The average molecular weight is 509 g/mol. The number of nitrogen functional groups attached to an aromatic ring is 1. The Morgan fingerprint density at radius 3 is 2.15 bits per heavy atom. The molecule has 3 N–H and O–H groups in total. The Bertz CT molecular complexity index is 1120. The number of hydrogen-bond donors (Lipinski definition) is 2. The van der Waals surface area contributed by atoms with Crippen molar-refractivity contribution in [2.24, 2.45) is 10.2 Å². The molecule has 0 aromatic heterocycles. The fourth-order valence-electron chi connectivity index (χ4n) is 2.32. The second-order valence-corrected chi connectivity index (χ2v) is 8.28. The van der Waals surface area contributed by atoms with Gasteiger partial charge < -0.3 is 5.73 Å². The number of nitrogens with two attached hydrogens (primary N) is 1. The van der Waals surface area contributed by atoms with Gasteiger partial charge in [0.05, 0.1) is 11.4 Å². The van der Waals surface area contributed by atoms with E-state index in [-0.39, 0.29) is 45.8 Å². The molecule has 6 nitrogen and oxygen atoms in total. The van der Waals surface area contributed by atoms with Crippen LogP contribution in [0, 0.1) is 0 Å². The Balaban J connectivity index is 0.00000243. The van der Waals surface area contributed by atoms with E-state index in [9.17, 15) is 13.0 Å². The van der Waals surface area contributed by atoms with Crippen molar-refractivity contribution in [2.45, 2.75) is 4.90 Å². The molecule has 0 spiro atoms. The summed E-state index contributed by atoms with van der Waals surface area (Å²) in [7, 11) is -4.44. The van der Waals surface area contributed by atoms with E-state index < -0.39 is 10.1 Å². The SMILES string of the molecule is Nc1c(/N=N/c2ccc(Br)cc2Br)cc(S(=O)(=O)O)c2ccccc12.[NaH]. The molecule has 0 amide bonds. The Morgan fingerprint density at radius 1 is 0.923 bits per heavy atom. The third-order valence-corrected chi connectivity index (χ3v) is 5.50. The second-order valence-electron chi connectivity index (χ2n) is 5.12. The van der Waals surface area contributed by atoms with Crippen LogP contribution in [0.1, 0.15) is 0 Å². The van der Waals surface area contributed by atoms with Gasteiger partial charge in [-0.2, -0.15) is 8.42 Å². The van der Waals surface area contributed by atoms with Crippen LogP contribution in [0.15, 0.2) is 72.6 Å². The van der Waals surface area contributed by atoms with Gasteiger partial charge in [0.1, 0.15) is 10.6 Å². The molecule has 0 fully saturated rings. The standard InChI is InChI=1S/C16H11Br2N3O3S.Na.H/c17-9-5-6-13(12(18)7-9)20-21-14-8-15(25(22,23)24)10-3-1-2-4-11(10)16(14)19;;/h1-8H,19H2,(H,22,23,24);;/b21-20+;;. The third kappa shape index (κ3) is 4.53. The summed E-state index contributed by atoms with van der Waals surface area (Å²) in [6.07, 6.45) is 0. The number of nitrogens with zero attached hydrogens (tertiary/aromatic N) is 2. The zero-order valence-corrected chi connectivity index (χ0v) is 16.5. The molecule has 3 aromatic carbocycles. The molecule has 0 atom stereocenters. The Morgan fingerprint density at radius 2 is 1.54 bits per heavy atom. The topological polar surface area (TPSA) is 105 Å². The summed E-state index contributed by atoms with van der Waals surface area (Å²) in [6, 6.07) is 13.2. The number of benzene rings is 3. The van der Waals surface area contributed by atoms with E-state index >= 15 is 0 Å². The molecule has 10 heteroatoms. The van der Waals surface area contributed by atoms with Crippen molar-refractivity contribution < 1.29 is 13.0 Å². The zero-order chi connectivity index (χ0) is 18.2. The normalized spacial score (nSPS) is 11.7. The van der Waals surface area contributed by atoms with Crippen LogP contribution in [0.4, 0.5) is 17.1 Å². The van der Waals surface area contributed by atoms with E-state index in [1.165, 1.54) is 6.07 Å². The first-order valence-electron chi connectivity index (χ1n) is 6.93. The number of fused-ring (bicyclic) bond motifs is 1. The zero-order valence-electron chi connectivity index (χ0n) is 12.5. The predicted octanol–water partition coefficient (Wildman–Crippen LogP) is 4.96. The van der Waals surface area contributed by atoms with Crippen molar-refractivity contribution in [2.75, 3.05) is 5.73 Å². The van der Waals surface area contributed by atoms with Crippen LogP contribution < -0.4 is 5.73 Å². The summed E-state index contributed by atoms with van der Waals surface area (Å²) in [5, 5.41) is 8.98. The first-order valence-corrected chi connectivity index (χ1v) is 9.95. The van der Waals surface area contributed by atoms with Gasteiger partial charge in [0.2, 0.25) is 0 Å². The molecule has 0 aliphatic carbocycles. The Labute approximate surface area is 189 Å². The van der Waals surface area contributed by atoms with Gasteiger partial charge in [-0.25, -0.2) is 0 Å². The minimum atomic E-state index is -4.44. The molecule has 0 heterocycles. The number of rotatable bonds is 3. The van der Waals surface area contributed by atoms with E-state index in [0.717, 1.165) is 4.47 Å². The molecule has 0 aliphatic rings. The molecule has 26 heavy (non-hydrogen) atoms. The van der Waals surface area contributed by atoms with E-state index in [1.54, 1.807) is 36.4 Å². The molecule has 0 saturated carbocycles. The number of azo groups is 1. The summed E-state index contributed by atoms with van der Waals surface area (Å²) < 4.78 is 34.5. The van der Waals surface area contributed by atoms with Crippen molar-refractivity contribution in [1.82, 2.24) is 0 Å². The van der Waals surface area contributed by atoms with Crippen molar-refractivity contribution in [3.05, 3.63) is 57.5 Å². The molecule has 0 bridgehead atoms. The van der Waals surface area contributed by atoms with Crippen LogP contribution in [0.25, 0.3) is 10.8 Å². The van der Waals surface area contributed by atoms with Crippen LogP contribution in [-0.4, -0.2) is 42.5 Å². The van der Waals surface area contributed by atoms with Gasteiger partial charge in [-0.05, 0) is 40.2 Å². The predicted molar refractivity (Wildman–Crippen MR) is 111 cm³/mol. The maximum atomic E-state index is 11.7. The summed E-state index contributed by atoms with van der Waals surface area (Å²) in [5.41, 5.74) is 7.09. The van der Waals surface area contributed by atoms with Crippen molar-refractivity contribution >= 4 is 99.4 Å². The Hall–Kier alpha value is -0.810. The molecule has 0 aliphatic heterocycles. The molecule has 0 saturated heterocycles. The van der Waals surface area contributed by atoms with Crippen LogP contribution in [0.2, 0.25) is 0 Å². The summed E-state index contributed by atoms with van der Waals surface area (Å²) in [6.45, 7) is 0. The van der Waals surface area contributed by atoms with E-state index in [2.05, 4.69) is 42.1 Å². The molecule has 3 rings (SSSR count). The van der Waals surface area contributed by atoms with Crippen LogP contribution >= 0.6 is 31.9 Å². The van der Waals surface area contributed by atoms with Gasteiger partial charge in [0, 0.05) is 19.7 Å². The quantitative estimate of drug-likeness (QED) is 0.226. The minimum absolute atomic E-state index is 0. The summed E-state index contributed by atoms with van der Waals surface area (Å²) >= 11 is 6.72. The molecule has 130 valence electrons. The van der Waals surface area contributed by atoms with Crippen molar-refractivity contribution in [3.8, 4) is 0 Å². The molecule has 3 aromatic rings. The first kappa shape index (κ1) is 21.5. The van der Waals surface area contributed by atoms with Gasteiger partial charge in [-0.15, -0.1) is 10.2 Å². The van der Waals surface area contributed by atoms with Gasteiger partial charge in [-0.3, -0.25) is 4.55 Å². The van der Waals surface area contributed by atoms with Gasteiger partial charge >= 0.3 is 29.6 Å². The van der Waals surface area contributed by atoms with E-state index in [4.69, 9.17) is 5.73 Å². The molecular formula is C16H12Br2N3NaO3S. The average Bonchev–Trinajstić information content (AvgIpc) is 2.54.